The van der Waals surface area contributed by atoms with Gasteiger partial charge in [-0.25, -0.2) is 19.9 Å². The van der Waals surface area contributed by atoms with E-state index >= 15 is 0 Å². The van der Waals surface area contributed by atoms with Crippen molar-refractivity contribution in [1.29, 1.82) is 0 Å². The lowest BCUT2D eigenvalue weighted by molar-refractivity contribution is 0.0196. The van der Waals surface area contributed by atoms with Gasteiger partial charge in [0.2, 0.25) is 0 Å². The van der Waals surface area contributed by atoms with Crippen molar-refractivity contribution < 1.29 is 5.11 Å². The zero-order chi connectivity index (χ0) is 22.8. The second-order valence-electron chi connectivity index (χ2n) is 9.60. The van der Waals surface area contributed by atoms with E-state index in [1.807, 2.05) is 50.3 Å². The molecule has 33 heavy (non-hydrogen) atoms. The molecular formula is C26H32N6O. The van der Waals surface area contributed by atoms with Gasteiger partial charge < -0.3 is 15.3 Å². The molecule has 1 saturated carbocycles. The Hall–Kier alpha value is -3.06. The molecule has 172 valence electrons. The molecule has 0 atom stereocenters. The molecule has 0 unspecified atom stereocenters. The van der Waals surface area contributed by atoms with Crippen LogP contribution in [0.2, 0.25) is 0 Å². The largest absolute Gasteiger partial charge is 0.390 e. The fourth-order valence-electron chi connectivity index (χ4n) is 4.72. The van der Waals surface area contributed by atoms with Crippen molar-refractivity contribution in [3.05, 3.63) is 47.5 Å². The van der Waals surface area contributed by atoms with Gasteiger partial charge in [-0.2, -0.15) is 0 Å². The number of aliphatic hydroxyl groups is 1. The third kappa shape index (κ3) is 5.14. The lowest BCUT2D eigenvalue weighted by Gasteiger charge is -2.33. The number of nitrogens with zero attached hydrogens (tertiary/aromatic N) is 5. The maximum absolute atomic E-state index is 10.3. The molecule has 2 N–H and O–H groups in total. The van der Waals surface area contributed by atoms with Crippen LogP contribution in [0.1, 0.15) is 62.7 Å². The monoisotopic (exact) mass is 444 g/mol. The predicted molar refractivity (Wildman–Crippen MR) is 133 cm³/mol. The smallest absolute Gasteiger partial charge is 0.156 e. The third-order valence-corrected chi connectivity index (χ3v) is 6.75. The topological polar surface area (TPSA) is 87.1 Å². The molecule has 3 aromatic rings. The molecule has 2 fully saturated rings. The minimum atomic E-state index is -0.544. The summed E-state index contributed by atoms with van der Waals surface area (Å²) in [4.78, 5) is 21.4. The van der Waals surface area contributed by atoms with Crippen LogP contribution in [0.3, 0.4) is 0 Å². The van der Waals surface area contributed by atoms with Crippen LogP contribution in [0, 0.1) is 6.92 Å². The second kappa shape index (κ2) is 9.06. The highest BCUT2D eigenvalue weighted by atomic mass is 16.3. The fraction of sp³-hybridized carbons (Fsp3) is 0.462. The average Bonchev–Trinajstić information content (AvgIpc) is 3.34. The first-order valence-electron chi connectivity index (χ1n) is 12.0. The molecule has 2 aromatic heterocycles. The number of aryl methyl sites for hydroxylation is 1. The number of hydrogen-bond donors (Lipinski definition) is 2. The van der Waals surface area contributed by atoms with Crippen LogP contribution in [0.25, 0.3) is 23.2 Å². The summed E-state index contributed by atoms with van der Waals surface area (Å²) < 4.78 is 0. The summed E-state index contributed by atoms with van der Waals surface area (Å²) >= 11 is 0. The van der Waals surface area contributed by atoms with E-state index in [0.29, 0.717) is 11.9 Å². The average molecular weight is 445 g/mol. The number of para-hydroxylation sites is 2. The molecule has 2 aliphatic rings. The zero-order valence-electron chi connectivity index (χ0n) is 19.5. The maximum atomic E-state index is 10.3. The van der Waals surface area contributed by atoms with Gasteiger partial charge in [-0.3, -0.25) is 0 Å². The van der Waals surface area contributed by atoms with Gasteiger partial charge in [-0.05, 0) is 76.7 Å². The molecule has 1 aliphatic carbocycles. The Morgan fingerprint density at radius 3 is 2.42 bits per heavy atom. The van der Waals surface area contributed by atoms with Gasteiger partial charge in [0.15, 0.2) is 5.82 Å². The van der Waals surface area contributed by atoms with Crippen LogP contribution >= 0.6 is 0 Å². The zero-order valence-corrected chi connectivity index (χ0v) is 19.5. The van der Waals surface area contributed by atoms with Crippen molar-refractivity contribution in [3.8, 4) is 0 Å². The quantitative estimate of drug-likeness (QED) is 0.594. The van der Waals surface area contributed by atoms with Gasteiger partial charge in [0.1, 0.15) is 11.6 Å². The van der Waals surface area contributed by atoms with Gasteiger partial charge in [0.05, 0.1) is 28.0 Å². The normalized spacial score (nSPS) is 23.5. The van der Waals surface area contributed by atoms with Crippen molar-refractivity contribution in [2.45, 2.75) is 64.0 Å². The maximum Gasteiger partial charge on any atom is 0.156 e. The second-order valence-corrected chi connectivity index (χ2v) is 9.60. The lowest BCUT2D eigenvalue weighted by Crippen LogP contribution is -2.36. The molecule has 0 radical (unpaired) electrons. The Bertz CT molecular complexity index is 1160. The number of anilines is 2. The molecular weight excluding hydrogens is 412 g/mol. The molecule has 1 aliphatic heterocycles. The van der Waals surface area contributed by atoms with Gasteiger partial charge >= 0.3 is 0 Å². The summed E-state index contributed by atoms with van der Waals surface area (Å²) in [7, 11) is 0. The molecule has 3 heterocycles. The van der Waals surface area contributed by atoms with Crippen LogP contribution in [0.4, 0.5) is 11.6 Å². The first kappa shape index (κ1) is 21.8. The van der Waals surface area contributed by atoms with E-state index in [9.17, 15) is 5.11 Å². The van der Waals surface area contributed by atoms with E-state index in [1.54, 1.807) is 0 Å². The SMILES string of the molecule is Cc1nc2ccccc2nc1C=Cc1nc(NC2CCC(C)(O)CC2)cc(N2CCCC2)n1. The predicted octanol–water partition coefficient (Wildman–Crippen LogP) is 4.60. The minimum absolute atomic E-state index is 0.317. The highest BCUT2D eigenvalue weighted by Gasteiger charge is 2.29. The summed E-state index contributed by atoms with van der Waals surface area (Å²) in [6.07, 6.45) is 9.77. The Morgan fingerprint density at radius 1 is 1.00 bits per heavy atom. The van der Waals surface area contributed by atoms with Crippen LogP contribution in [0.15, 0.2) is 30.3 Å². The molecule has 7 nitrogen and oxygen atoms in total. The van der Waals surface area contributed by atoms with Crippen molar-refractivity contribution in [3.63, 3.8) is 0 Å². The Balaban J connectivity index is 1.42. The Morgan fingerprint density at radius 2 is 1.70 bits per heavy atom. The van der Waals surface area contributed by atoms with E-state index in [2.05, 4.69) is 21.3 Å². The van der Waals surface area contributed by atoms with E-state index in [4.69, 9.17) is 15.0 Å². The summed E-state index contributed by atoms with van der Waals surface area (Å²) in [5, 5.41) is 13.9. The number of rotatable bonds is 5. The van der Waals surface area contributed by atoms with E-state index in [0.717, 1.165) is 72.8 Å². The number of nitrogens with one attached hydrogen (secondary N) is 1. The molecule has 1 saturated heterocycles. The van der Waals surface area contributed by atoms with Crippen LogP contribution in [-0.4, -0.2) is 49.8 Å². The van der Waals surface area contributed by atoms with Gasteiger partial charge in [0, 0.05) is 25.2 Å². The molecule has 7 heteroatoms. The van der Waals surface area contributed by atoms with Crippen molar-refractivity contribution in [2.24, 2.45) is 0 Å². The number of aromatic nitrogens is 4. The summed E-state index contributed by atoms with van der Waals surface area (Å²) in [6.45, 7) is 5.97. The lowest BCUT2D eigenvalue weighted by atomic mass is 9.84. The summed E-state index contributed by atoms with van der Waals surface area (Å²) in [5.41, 5.74) is 2.94. The Kier molecular flexibility index (Phi) is 5.98. The fourth-order valence-corrected chi connectivity index (χ4v) is 4.72. The first-order chi connectivity index (χ1) is 15.9. The molecule has 0 bridgehead atoms. The van der Waals surface area contributed by atoms with Gasteiger partial charge in [-0.1, -0.05) is 12.1 Å². The minimum Gasteiger partial charge on any atom is -0.390 e. The highest BCUT2D eigenvalue weighted by molar-refractivity contribution is 5.77. The van der Waals surface area contributed by atoms with Crippen LogP contribution in [0.5, 0.6) is 0 Å². The van der Waals surface area contributed by atoms with Gasteiger partial charge in [0.25, 0.3) is 0 Å². The van der Waals surface area contributed by atoms with E-state index in [-0.39, 0.29) is 0 Å². The van der Waals surface area contributed by atoms with Crippen LogP contribution < -0.4 is 10.2 Å². The van der Waals surface area contributed by atoms with Crippen LogP contribution in [-0.2, 0) is 0 Å². The van der Waals surface area contributed by atoms with Gasteiger partial charge in [-0.15, -0.1) is 0 Å². The van der Waals surface area contributed by atoms with E-state index < -0.39 is 5.60 Å². The molecule has 0 amide bonds. The van der Waals surface area contributed by atoms with E-state index in [1.165, 1.54) is 12.8 Å². The highest BCUT2D eigenvalue weighted by Crippen LogP contribution is 2.30. The number of benzene rings is 1. The molecule has 5 rings (SSSR count). The molecule has 1 aromatic carbocycles. The number of fused-ring (bicyclic) bond motifs is 1. The summed E-state index contributed by atoms with van der Waals surface area (Å²) in [5.74, 6) is 2.48. The summed E-state index contributed by atoms with van der Waals surface area (Å²) in [6, 6.07) is 10.3. The van der Waals surface area contributed by atoms with Crippen molar-refractivity contribution >= 4 is 34.8 Å². The Labute approximate surface area is 195 Å². The standard InChI is InChI=1S/C26H32N6O/c1-18-20(29-22-8-4-3-7-21(22)27-18)9-10-23-30-24(17-25(31-23)32-15-5-6-16-32)28-19-11-13-26(2,33)14-12-19/h3-4,7-10,17,19,33H,5-6,11-16H2,1-2H3,(H,28,30,31). The van der Waals surface area contributed by atoms with Crippen molar-refractivity contribution in [2.75, 3.05) is 23.3 Å². The first-order valence-corrected chi connectivity index (χ1v) is 12.0. The third-order valence-electron chi connectivity index (χ3n) is 6.75. The number of hydrogen-bond acceptors (Lipinski definition) is 7. The molecule has 0 spiro atoms. The van der Waals surface area contributed by atoms with Crippen molar-refractivity contribution in [1.82, 2.24) is 19.9 Å².